The summed E-state index contributed by atoms with van der Waals surface area (Å²) in [5, 5.41) is 1.80. The van der Waals surface area contributed by atoms with Crippen LogP contribution < -0.4 is 0 Å². The molecule has 0 N–H and O–H groups in total. The first-order chi connectivity index (χ1) is 13.6. The lowest BCUT2D eigenvalue weighted by Gasteiger charge is -2.26. The lowest BCUT2D eigenvalue weighted by molar-refractivity contribution is 0.0648. The van der Waals surface area contributed by atoms with Crippen molar-refractivity contribution in [2.75, 3.05) is 7.05 Å². The Morgan fingerprint density at radius 1 is 0.857 bits per heavy atom. The van der Waals surface area contributed by atoms with Gasteiger partial charge in [-0.1, -0.05) is 48.5 Å². The van der Waals surface area contributed by atoms with Crippen molar-refractivity contribution in [3.63, 3.8) is 0 Å². The van der Waals surface area contributed by atoms with Crippen molar-refractivity contribution in [2.24, 2.45) is 0 Å². The second-order valence-corrected chi connectivity index (χ2v) is 6.74. The Balaban J connectivity index is 2.02. The smallest absolute Gasteiger partial charge is 0.261 e. The molecule has 1 aromatic heterocycles. The Kier molecular flexibility index (Phi) is 3.39. The Hall–Kier alpha value is -3.86. The first-order valence-electron chi connectivity index (χ1n) is 8.85. The summed E-state index contributed by atoms with van der Waals surface area (Å²) in [5.41, 5.74) is 2.05. The first kappa shape index (κ1) is 16.3. The highest BCUT2D eigenvalue weighted by Crippen LogP contribution is 2.38. The summed E-state index contributed by atoms with van der Waals surface area (Å²) in [5.74, 6) is -1.11. The predicted molar refractivity (Wildman–Crippen MR) is 106 cm³/mol. The van der Waals surface area contributed by atoms with Crippen molar-refractivity contribution in [1.82, 2.24) is 9.88 Å². The molecular formula is C23H14N2O3. The molecule has 0 spiro atoms. The van der Waals surface area contributed by atoms with E-state index < -0.39 is 5.91 Å². The van der Waals surface area contributed by atoms with E-state index in [1.807, 2.05) is 12.1 Å². The van der Waals surface area contributed by atoms with Gasteiger partial charge < -0.3 is 0 Å². The highest BCUT2D eigenvalue weighted by atomic mass is 16.2. The van der Waals surface area contributed by atoms with E-state index in [1.165, 1.54) is 7.05 Å². The van der Waals surface area contributed by atoms with Gasteiger partial charge in [-0.2, -0.15) is 0 Å². The number of carbonyl (C=O) groups is 3. The van der Waals surface area contributed by atoms with Crippen LogP contribution >= 0.6 is 0 Å². The minimum Gasteiger partial charge on any atom is -0.289 e. The summed E-state index contributed by atoms with van der Waals surface area (Å²) in [6, 6.07) is 17.7. The lowest BCUT2D eigenvalue weighted by atomic mass is 9.85. The fraction of sp³-hybridized carbons (Fsp3) is 0.0435. The third kappa shape index (κ3) is 2.07. The Bertz CT molecular complexity index is 1330. The molecule has 4 aromatic rings. The molecule has 0 saturated carbocycles. The zero-order valence-electron chi connectivity index (χ0n) is 15.0. The van der Waals surface area contributed by atoms with Crippen LogP contribution in [0.3, 0.4) is 0 Å². The van der Waals surface area contributed by atoms with Gasteiger partial charge in [-0.25, -0.2) is 0 Å². The average Bonchev–Trinajstić information content (AvgIpc) is 2.75. The summed E-state index contributed by atoms with van der Waals surface area (Å²) in [4.78, 5) is 44.9. The van der Waals surface area contributed by atoms with Gasteiger partial charge in [0, 0.05) is 46.1 Å². The van der Waals surface area contributed by atoms with Crippen LogP contribution in [0.1, 0.15) is 36.6 Å². The van der Waals surface area contributed by atoms with E-state index in [0.29, 0.717) is 38.4 Å². The van der Waals surface area contributed by atoms with E-state index in [0.717, 1.165) is 4.90 Å². The van der Waals surface area contributed by atoms with Gasteiger partial charge in [-0.3, -0.25) is 24.3 Å². The predicted octanol–water partition coefficient (Wildman–Crippen LogP) is 3.84. The fourth-order valence-corrected chi connectivity index (χ4v) is 3.90. The van der Waals surface area contributed by atoms with Crippen molar-refractivity contribution in [1.29, 1.82) is 0 Å². The number of aromatic nitrogens is 1. The van der Waals surface area contributed by atoms with Gasteiger partial charge in [0.25, 0.3) is 11.8 Å². The molecule has 2 heterocycles. The molecule has 0 unspecified atom stereocenters. The summed E-state index contributed by atoms with van der Waals surface area (Å²) >= 11 is 0. The molecule has 134 valence electrons. The van der Waals surface area contributed by atoms with Gasteiger partial charge in [-0.05, 0) is 12.1 Å². The third-order valence-corrected chi connectivity index (χ3v) is 5.21. The molecule has 3 aromatic carbocycles. The number of hydrogen-bond donors (Lipinski definition) is 0. The summed E-state index contributed by atoms with van der Waals surface area (Å²) in [7, 11) is 1.44. The number of ketones is 1. The molecule has 28 heavy (non-hydrogen) atoms. The van der Waals surface area contributed by atoms with Crippen molar-refractivity contribution in [3.05, 3.63) is 89.1 Å². The van der Waals surface area contributed by atoms with Crippen LogP contribution in [0, 0.1) is 0 Å². The molecule has 0 aliphatic carbocycles. The van der Waals surface area contributed by atoms with Crippen molar-refractivity contribution in [2.45, 2.75) is 0 Å². The monoisotopic (exact) mass is 366 g/mol. The van der Waals surface area contributed by atoms with Crippen LogP contribution in [0.15, 0.2) is 66.9 Å². The topological polar surface area (TPSA) is 67.3 Å². The third-order valence-electron chi connectivity index (χ3n) is 5.21. The molecule has 5 heteroatoms. The zero-order valence-corrected chi connectivity index (χ0v) is 15.0. The molecule has 0 atom stereocenters. The molecule has 1 aliphatic heterocycles. The maximum atomic E-state index is 13.5. The van der Waals surface area contributed by atoms with Crippen molar-refractivity contribution >= 4 is 39.3 Å². The Morgan fingerprint density at radius 3 is 2.39 bits per heavy atom. The summed E-state index contributed by atoms with van der Waals surface area (Å²) < 4.78 is 0. The quantitative estimate of drug-likeness (QED) is 0.307. The maximum absolute atomic E-state index is 13.5. The van der Waals surface area contributed by atoms with Crippen LogP contribution in [0.4, 0.5) is 0 Å². The molecule has 0 saturated heterocycles. The molecular weight excluding hydrogens is 352 g/mol. The number of imide groups is 1. The SMILES string of the molecule is CN1C(=O)c2cccc3c2c(c(C(=O)c2ccccc2)c2cccnc23)C1=O. The average molecular weight is 366 g/mol. The van der Waals surface area contributed by atoms with Crippen LogP contribution in [0.25, 0.3) is 21.7 Å². The number of benzene rings is 3. The largest absolute Gasteiger partial charge is 0.289 e. The van der Waals surface area contributed by atoms with Crippen molar-refractivity contribution < 1.29 is 14.4 Å². The minimum absolute atomic E-state index is 0.263. The molecule has 0 radical (unpaired) electrons. The number of nitrogens with zero attached hydrogens (tertiary/aromatic N) is 2. The van der Waals surface area contributed by atoms with E-state index in [4.69, 9.17) is 0 Å². The highest BCUT2D eigenvalue weighted by Gasteiger charge is 2.35. The van der Waals surface area contributed by atoms with Gasteiger partial charge >= 0.3 is 0 Å². The van der Waals surface area contributed by atoms with E-state index in [9.17, 15) is 14.4 Å². The lowest BCUT2D eigenvalue weighted by Crippen LogP contribution is -2.38. The van der Waals surface area contributed by atoms with E-state index >= 15 is 0 Å². The molecule has 0 fully saturated rings. The maximum Gasteiger partial charge on any atom is 0.261 e. The number of carbonyl (C=O) groups excluding carboxylic acids is 3. The minimum atomic E-state index is -0.473. The van der Waals surface area contributed by atoms with Gasteiger partial charge in [0.2, 0.25) is 0 Å². The van der Waals surface area contributed by atoms with E-state index in [2.05, 4.69) is 4.98 Å². The van der Waals surface area contributed by atoms with Crippen LogP contribution in [-0.2, 0) is 0 Å². The second-order valence-electron chi connectivity index (χ2n) is 6.74. The molecule has 2 amide bonds. The second kappa shape index (κ2) is 5.82. The number of fused-ring (bicyclic) bond motifs is 2. The highest BCUT2D eigenvalue weighted by molar-refractivity contribution is 6.35. The first-order valence-corrected chi connectivity index (χ1v) is 8.85. The van der Waals surface area contributed by atoms with Gasteiger partial charge in [0.1, 0.15) is 0 Å². The number of hydrogen-bond acceptors (Lipinski definition) is 4. The van der Waals surface area contributed by atoms with E-state index in [1.54, 1.807) is 54.7 Å². The summed E-state index contributed by atoms with van der Waals surface area (Å²) in [6.45, 7) is 0. The fourth-order valence-electron chi connectivity index (χ4n) is 3.90. The van der Waals surface area contributed by atoms with Gasteiger partial charge in [0.05, 0.1) is 11.1 Å². The van der Waals surface area contributed by atoms with E-state index in [-0.39, 0.29) is 17.3 Å². The molecule has 1 aliphatic rings. The van der Waals surface area contributed by atoms with Gasteiger partial charge in [0.15, 0.2) is 5.78 Å². The molecule has 5 rings (SSSR count). The number of amides is 2. The summed E-state index contributed by atoms with van der Waals surface area (Å²) in [6.07, 6.45) is 1.65. The number of rotatable bonds is 2. The molecule has 0 bridgehead atoms. The Labute approximate surface area is 160 Å². The van der Waals surface area contributed by atoms with Crippen molar-refractivity contribution in [3.8, 4) is 0 Å². The zero-order chi connectivity index (χ0) is 19.4. The van der Waals surface area contributed by atoms with Crippen LogP contribution in [0.5, 0.6) is 0 Å². The van der Waals surface area contributed by atoms with Gasteiger partial charge in [-0.15, -0.1) is 0 Å². The standard InChI is InChI=1S/C23H14N2O3/c1-25-22(27)16-10-5-9-14-17(16)19(23(25)28)18(15-11-6-12-24-20(14)15)21(26)13-7-3-2-4-8-13/h2-12H,1H3. The normalized spacial score (nSPS) is 13.4. The van der Waals surface area contributed by atoms with Crippen LogP contribution in [-0.4, -0.2) is 34.5 Å². The molecule has 5 nitrogen and oxygen atoms in total. The van der Waals surface area contributed by atoms with Crippen LogP contribution in [0.2, 0.25) is 0 Å². The Morgan fingerprint density at radius 2 is 1.61 bits per heavy atom. The number of pyridine rings is 1.